The SMILES string of the molecule is OC(CN1CCCC(C2CCCN2)C1)C(F)(F)F. The molecule has 2 saturated heterocycles. The second kappa shape index (κ2) is 5.75. The van der Waals surface area contributed by atoms with Gasteiger partial charge in [0.2, 0.25) is 0 Å². The molecular weight excluding hydrogens is 245 g/mol. The summed E-state index contributed by atoms with van der Waals surface area (Å²) in [5, 5.41) is 12.5. The predicted molar refractivity (Wildman–Crippen MR) is 62.3 cm³/mol. The van der Waals surface area contributed by atoms with Crippen LogP contribution in [0.4, 0.5) is 13.2 Å². The summed E-state index contributed by atoms with van der Waals surface area (Å²) in [6.45, 7) is 2.07. The highest BCUT2D eigenvalue weighted by atomic mass is 19.4. The summed E-state index contributed by atoms with van der Waals surface area (Å²) < 4.78 is 36.9. The second-order valence-corrected chi connectivity index (χ2v) is 5.42. The van der Waals surface area contributed by atoms with Crippen LogP contribution in [-0.4, -0.2) is 54.5 Å². The number of rotatable bonds is 3. The van der Waals surface area contributed by atoms with Gasteiger partial charge in [-0.05, 0) is 44.7 Å². The van der Waals surface area contributed by atoms with Crippen molar-refractivity contribution in [1.82, 2.24) is 10.2 Å². The number of likely N-dealkylation sites (tertiary alicyclic amines) is 1. The van der Waals surface area contributed by atoms with Crippen LogP contribution in [0.5, 0.6) is 0 Å². The highest BCUT2D eigenvalue weighted by Gasteiger charge is 2.40. The van der Waals surface area contributed by atoms with E-state index in [2.05, 4.69) is 5.32 Å². The highest BCUT2D eigenvalue weighted by Crippen LogP contribution is 2.26. The zero-order valence-corrected chi connectivity index (χ0v) is 10.4. The van der Waals surface area contributed by atoms with E-state index in [0.29, 0.717) is 25.0 Å². The number of piperidine rings is 1. The van der Waals surface area contributed by atoms with E-state index in [1.807, 2.05) is 0 Å². The Bertz CT molecular complexity index is 267. The lowest BCUT2D eigenvalue weighted by Crippen LogP contribution is -2.48. The first-order valence-electron chi connectivity index (χ1n) is 6.67. The molecular formula is C12H21F3N2O. The standard InChI is InChI=1S/C12H21F3N2O/c13-12(14,15)11(18)8-17-6-2-3-9(7-17)10-4-1-5-16-10/h9-11,16,18H,1-8H2. The van der Waals surface area contributed by atoms with Gasteiger partial charge >= 0.3 is 6.18 Å². The Morgan fingerprint density at radius 2 is 2.06 bits per heavy atom. The van der Waals surface area contributed by atoms with Gasteiger partial charge in [0.1, 0.15) is 0 Å². The van der Waals surface area contributed by atoms with Gasteiger partial charge in [0, 0.05) is 19.1 Å². The summed E-state index contributed by atoms with van der Waals surface area (Å²) in [7, 11) is 0. The normalized spacial score (nSPS) is 32.7. The van der Waals surface area contributed by atoms with E-state index in [9.17, 15) is 13.2 Å². The first-order chi connectivity index (χ1) is 8.47. The van der Waals surface area contributed by atoms with E-state index >= 15 is 0 Å². The van der Waals surface area contributed by atoms with E-state index in [-0.39, 0.29) is 6.54 Å². The van der Waals surface area contributed by atoms with Crippen molar-refractivity contribution in [3.05, 3.63) is 0 Å². The maximum atomic E-state index is 12.3. The third-order valence-electron chi connectivity index (χ3n) is 4.02. The number of alkyl halides is 3. The van der Waals surface area contributed by atoms with Gasteiger partial charge in [-0.3, -0.25) is 0 Å². The fourth-order valence-electron chi connectivity index (χ4n) is 3.05. The van der Waals surface area contributed by atoms with Crippen molar-refractivity contribution in [3.8, 4) is 0 Å². The van der Waals surface area contributed by atoms with E-state index in [1.165, 1.54) is 0 Å². The van der Waals surface area contributed by atoms with Crippen molar-refractivity contribution >= 4 is 0 Å². The minimum atomic E-state index is -4.50. The van der Waals surface area contributed by atoms with Crippen molar-refractivity contribution in [3.63, 3.8) is 0 Å². The molecule has 0 aromatic carbocycles. The Kier molecular flexibility index (Phi) is 4.50. The van der Waals surface area contributed by atoms with Crippen molar-refractivity contribution in [1.29, 1.82) is 0 Å². The fraction of sp³-hybridized carbons (Fsp3) is 1.00. The van der Waals surface area contributed by atoms with Crippen molar-refractivity contribution < 1.29 is 18.3 Å². The molecule has 0 aromatic heterocycles. The van der Waals surface area contributed by atoms with Gasteiger partial charge < -0.3 is 15.3 Å². The van der Waals surface area contributed by atoms with Crippen molar-refractivity contribution in [2.45, 2.75) is 44.0 Å². The second-order valence-electron chi connectivity index (χ2n) is 5.42. The van der Waals surface area contributed by atoms with Crippen LogP contribution in [-0.2, 0) is 0 Å². The molecule has 2 rings (SSSR count). The first kappa shape index (κ1) is 14.1. The molecule has 6 heteroatoms. The molecule has 0 saturated carbocycles. The van der Waals surface area contributed by atoms with Gasteiger partial charge in [0.05, 0.1) is 0 Å². The fourth-order valence-corrected chi connectivity index (χ4v) is 3.05. The summed E-state index contributed by atoms with van der Waals surface area (Å²) >= 11 is 0. The molecule has 18 heavy (non-hydrogen) atoms. The lowest BCUT2D eigenvalue weighted by molar-refractivity contribution is -0.209. The Morgan fingerprint density at radius 1 is 1.28 bits per heavy atom. The Hall–Kier alpha value is -0.330. The zero-order chi connectivity index (χ0) is 13.2. The van der Waals surface area contributed by atoms with Crippen LogP contribution in [0.3, 0.4) is 0 Å². The van der Waals surface area contributed by atoms with Gasteiger partial charge in [-0.2, -0.15) is 13.2 Å². The first-order valence-corrected chi connectivity index (χ1v) is 6.67. The molecule has 0 aliphatic carbocycles. The van der Waals surface area contributed by atoms with E-state index in [4.69, 9.17) is 5.11 Å². The monoisotopic (exact) mass is 266 g/mol. The molecule has 0 bridgehead atoms. The topological polar surface area (TPSA) is 35.5 Å². The van der Waals surface area contributed by atoms with E-state index in [0.717, 1.165) is 32.2 Å². The van der Waals surface area contributed by atoms with Gasteiger partial charge in [0.25, 0.3) is 0 Å². The largest absolute Gasteiger partial charge is 0.415 e. The maximum Gasteiger partial charge on any atom is 0.415 e. The Morgan fingerprint density at radius 3 is 2.67 bits per heavy atom. The summed E-state index contributed by atoms with van der Waals surface area (Å²) in [5.41, 5.74) is 0. The molecule has 106 valence electrons. The number of nitrogens with one attached hydrogen (secondary N) is 1. The Labute approximate surface area is 105 Å². The molecule has 0 spiro atoms. The van der Waals surface area contributed by atoms with Crippen molar-refractivity contribution in [2.24, 2.45) is 5.92 Å². The summed E-state index contributed by atoms with van der Waals surface area (Å²) in [6.07, 6.45) is -2.43. The van der Waals surface area contributed by atoms with E-state index in [1.54, 1.807) is 4.90 Å². The van der Waals surface area contributed by atoms with Gasteiger partial charge in [-0.15, -0.1) is 0 Å². The van der Waals surface area contributed by atoms with Crippen LogP contribution in [0.2, 0.25) is 0 Å². The number of hydrogen-bond donors (Lipinski definition) is 2. The average Bonchev–Trinajstić information content (AvgIpc) is 2.81. The molecule has 3 atom stereocenters. The molecule has 0 radical (unpaired) electrons. The predicted octanol–water partition coefficient (Wildman–Crippen LogP) is 1.37. The number of β-amino-alcohol motifs (C(OH)–C–C–N with tert-alkyl or cyclic N) is 1. The summed E-state index contributed by atoms with van der Waals surface area (Å²) in [4.78, 5) is 1.76. The molecule has 0 aromatic rings. The lowest BCUT2D eigenvalue weighted by atomic mass is 9.89. The van der Waals surface area contributed by atoms with E-state index < -0.39 is 12.3 Å². The molecule has 3 nitrogen and oxygen atoms in total. The molecule has 0 amide bonds. The maximum absolute atomic E-state index is 12.3. The van der Waals surface area contributed by atoms with Crippen LogP contribution in [0.15, 0.2) is 0 Å². The average molecular weight is 266 g/mol. The minimum Gasteiger partial charge on any atom is -0.382 e. The van der Waals surface area contributed by atoms with Crippen LogP contribution in [0, 0.1) is 5.92 Å². The van der Waals surface area contributed by atoms with Crippen LogP contribution < -0.4 is 5.32 Å². The summed E-state index contributed by atoms with van der Waals surface area (Å²) in [6, 6.07) is 0.454. The molecule has 2 aliphatic heterocycles. The minimum absolute atomic E-state index is 0.285. The van der Waals surface area contributed by atoms with Crippen LogP contribution in [0.25, 0.3) is 0 Å². The number of aliphatic hydroxyl groups is 1. The number of hydrogen-bond acceptors (Lipinski definition) is 3. The Balaban J connectivity index is 1.83. The van der Waals surface area contributed by atoms with Crippen LogP contribution >= 0.6 is 0 Å². The number of aliphatic hydroxyl groups excluding tert-OH is 1. The highest BCUT2D eigenvalue weighted by molar-refractivity contribution is 4.87. The number of halogens is 3. The van der Waals surface area contributed by atoms with Crippen molar-refractivity contribution in [2.75, 3.05) is 26.2 Å². The number of nitrogens with zero attached hydrogens (tertiary/aromatic N) is 1. The zero-order valence-electron chi connectivity index (χ0n) is 10.4. The molecule has 3 unspecified atom stereocenters. The third-order valence-corrected chi connectivity index (χ3v) is 4.02. The van der Waals surface area contributed by atoms with Gasteiger partial charge in [-0.1, -0.05) is 0 Å². The molecule has 2 aliphatic rings. The quantitative estimate of drug-likeness (QED) is 0.810. The molecule has 2 heterocycles. The molecule has 2 fully saturated rings. The molecule has 2 N–H and O–H groups in total. The summed E-state index contributed by atoms with van der Waals surface area (Å²) in [5.74, 6) is 0.432. The van der Waals surface area contributed by atoms with Gasteiger partial charge in [0.15, 0.2) is 6.10 Å². The lowest BCUT2D eigenvalue weighted by Gasteiger charge is -2.36. The van der Waals surface area contributed by atoms with Gasteiger partial charge in [-0.25, -0.2) is 0 Å². The third kappa shape index (κ3) is 3.59. The van der Waals surface area contributed by atoms with Crippen LogP contribution in [0.1, 0.15) is 25.7 Å². The smallest absolute Gasteiger partial charge is 0.382 e.